The van der Waals surface area contributed by atoms with Crippen LogP contribution in [0.4, 0.5) is 8.78 Å². The summed E-state index contributed by atoms with van der Waals surface area (Å²) in [6, 6.07) is 14.6. The molecular weight excluding hydrogens is 444 g/mol. The molecule has 2 heterocycles. The molecule has 0 saturated heterocycles. The SMILES string of the molecule is Cc1nn(-c2ccc(C(=O)O)cc2)c2nc(-c3ccc(Br)cc3)cc(C(F)F)c12. The van der Waals surface area contributed by atoms with Crippen molar-refractivity contribution in [3.05, 3.63) is 75.9 Å². The predicted octanol–water partition coefficient (Wildman–Crippen LogP) is 5.79. The van der Waals surface area contributed by atoms with E-state index in [2.05, 4.69) is 26.0 Å². The van der Waals surface area contributed by atoms with Crippen LogP contribution in [0.15, 0.2) is 59.1 Å². The number of carboxylic acids is 1. The lowest BCUT2D eigenvalue weighted by Gasteiger charge is -2.09. The van der Waals surface area contributed by atoms with Crippen molar-refractivity contribution in [1.82, 2.24) is 14.8 Å². The quantitative estimate of drug-likeness (QED) is 0.420. The largest absolute Gasteiger partial charge is 0.478 e. The standard InChI is InChI=1S/C21H14BrF2N3O2/c1-11-18-16(19(23)24)10-17(12-2-6-14(22)7-3-12)25-20(18)27(26-11)15-8-4-13(5-9-15)21(28)29/h2-10,19H,1H3,(H,28,29). The molecule has 4 rings (SSSR count). The number of rotatable bonds is 4. The average molecular weight is 458 g/mol. The second-order valence-electron chi connectivity index (χ2n) is 6.45. The fourth-order valence-corrected chi connectivity index (χ4v) is 3.45. The number of alkyl halides is 2. The van der Waals surface area contributed by atoms with E-state index in [9.17, 15) is 13.6 Å². The Morgan fingerprint density at radius 3 is 2.34 bits per heavy atom. The number of aryl methyl sites for hydroxylation is 1. The van der Waals surface area contributed by atoms with Crippen LogP contribution in [-0.2, 0) is 0 Å². The van der Waals surface area contributed by atoms with Crippen molar-refractivity contribution >= 4 is 32.9 Å². The minimum atomic E-state index is -2.69. The van der Waals surface area contributed by atoms with Crippen molar-refractivity contribution in [3.8, 4) is 16.9 Å². The van der Waals surface area contributed by atoms with Crippen LogP contribution >= 0.6 is 15.9 Å². The predicted molar refractivity (Wildman–Crippen MR) is 109 cm³/mol. The van der Waals surface area contributed by atoms with E-state index >= 15 is 0 Å². The summed E-state index contributed by atoms with van der Waals surface area (Å²) in [5, 5.41) is 13.8. The molecule has 0 aliphatic heterocycles. The minimum absolute atomic E-state index is 0.124. The van der Waals surface area contributed by atoms with Gasteiger partial charge in [-0.1, -0.05) is 28.1 Å². The third-order valence-corrected chi connectivity index (χ3v) is 5.11. The Balaban J connectivity index is 1.96. The monoisotopic (exact) mass is 457 g/mol. The van der Waals surface area contributed by atoms with Gasteiger partial charge in [0.15, 0.2) is 5.65 Å². The van der Waals surface area contributed by atoms with Crippen LogP contribution in [-0.4, -0.2) is 25.8 Å². The van der Waals surface area contributed by atoms with E-state index in [-0.39, 0.29) is 11.1 Å². The molecular formula is C21H14BrF2N3O2. The summed E-state index contributed by atoms with van der Waals surface area (Å²) in [5.74, 6) is -1.05. The Kier molecular flexibility index (Phi) is 4.87. The number of benzene rings is 2. The molecule has 0 aliphatic carbocycles. The molecule has 0 unspecified atom stereocenters. The number of hydrogen-bond acceptors (Lipinski definition) is 3. The highest BCUT2D eigenvalue weighted by Gasteiger charge is 2.21. The van der Waals surface area contributed by atoms with E-state index in [4.69, 9.17) is 5.11 Å². The zero-order chi connectivity index (χ0) is 20.7. The van der Waals surface area contributed by atoms with Crippen LogP contribution in [0.25, 0.3) is 28.0 Å². The fourth-order valence-electron chi connectivity index (χ4n) is 3.19. The third kappa shape index (κ3) is 3.51. The Bertz CT molecular complexity index is 1220. The number of carbonyl (C=O) groups is 1. The van der Waals surface area contributed by atoms with Crippen molar-refractivity contribution in [3.63, 3.8) is 0 Å². The summed E-state index contributed by atoms with van der Waals surface area (Å²) in [6.07, 6.45) is -2.69. The topological polar surface area (TPSA) is 68.0 Å². The van der Waals surface area contributed by atoms with Gasteiger partial charge in [0, 0.05) is 15.6 Å². The molecule has 5 nitrogen and oxygen atoms in total. The highest BCUT2D eigenvalue weighted by atomic mass is 79.9. The van der Waals surface area contributed by atoms with Gasteiger partial charge in [-0.25, -0.2) is 23.2 Å². The molecule has 0 fully saturated rings. The lowest BCUT2D eigenvalue weighted by Crippen LogP contribution is -2.01. The van der Waals surface area contributed by atoms with Crippen molar-refractivity contribution in [1.29, 1.82) is 0 Å². The van der Waals surface area contributed by atoms with Crippen LogP contribution in [0.2, 0.25) is 0 Å². The minimum Gasteiger partial charge on any atom is -0.478 e. The molecule has 0 aliphatic rings. The molecule has 2 aromatic carbocycles. The van der Waals surface area contributed by atoms with Crippen LogP contribution in [0.3, 0.4) is 0 Å². The molecule has 0 saturated carbocycles. The molecule has 4 aromatic rings. The molecule has 0 spiro atoms. The lowest BCUT2D eigenvalue weighted by molar-refractivity contribution is 0.0697. The van der Waals surface area contributed by atoms with Gasteiger partial charge in [-0.15, -0.1) is 0 Å². The van der Waals surface area contributed by atoms with Crippen molar-refractivity contribution < 1.29 is 18.7 Å². The first kappa shape index (κ1) is 19.2. The molecule has 146 valence electrons. The van der Waals surface area contributed by atoms with Crippen molar-refractivity contribution in [2.45, 2.75) is 13.3 Å². The first-order valence-corrected chi connectivity index (χ1v) is 9.42. The summed E-state index contributed by atoms with van der Waals surface area (Å²) in [4.78, 5) is 15.7. The summed E-state index contributed by atoms with van der Waals surface area (Å²) in [7, 11) is 0. The Labute approximate surface area is 172 Å². The summed E-state index contributed by atoms with van der Waals surface area (Å²) in [5.41, 5.74) is 2.34. The lowest BCUT2D eigenvalue weighted by atomic mass is 10.1. The van der Waals surface area contributed by atoms with Gasteiger partial charge in [0.2, 0.25) is 0 Å². The zero-order valence-corrected chi connectivity index (χ0v) is 16.7. The second-order valence-corrected chi connectivity index (χ2v) is 7.37. The maximum atomic E-state index is 13.9. The van der Waals surface area contributed by atoms with Gasteiger partial charge < -0.3 is 5.11 Å². The summed E-state index contributed by atoms with van der Waals surface area (Å²) < 4.78 is 30.0. The van der Waals surface area contributed by atoms with Gasteiger partial charge in [-0.05, 0) is 49.4 Å². The molecule has 0 bridgehead atoms. The zero-order valence-electron chi connectivity index (χ0n) is 15.1. The van der Waals surface area contributed by atoms with E-state index in [1.807, 2.05) is 12.1 Å². The average Bonchev–Trinajstić information content (AvgIpc) is 3.04. The smallest absolute Gasteiger partial charge is 0.335 e. The maximum Gasteiger partial charge on any atom is 0.335 e. The maximum absolute atomic E-state index is 13.9. The van der Waals surface area contributed by atoms with Gasteiger partial charge >= 0.3 is 5.97 Å². The fraction of sp³-hybridized carbons (Fsp3) is 0.0952. The van der Waals surface area contributed by atoms with E-state index in [0.29, 0.717) is 33.7 Å². The molecule has 0 radical (unpaired) electrons. The van der Waals surface area contributed by atoms with Gasteiger partial charge in [0.1, 0.15) is 0 Å². The summed E-state index contributed by atoms with van der Waals surface area (Å²) in [6.45, 7) is 1.65. The first-order chi connectivity index (χ1) is 13.8. The van der Waals surface area contributed by atoms with Gasteiger partial charge in [-0.2, -0.15) is 5.10 Å². The van der Waals surface area contributed by atoms with Crippen LogP contribution in [0.1, 0.15) is 28.0 Å². The number of carboxylic acid groups (broad SMARTS) is 1. The molecule has 2 aromatic heterocycles. The Hall–Kier alpha value is -3.13. The van der Waals surface area contributed by atoms with Crippen LogP contribution < -0.4 is 0 Å². The molecule has 0 atom stereocenters. The van der Waals surface area contributed by atoms with E-state index in [1.165, 1.54) is 22.9 Å². The van der Waals surface area contributed by atoms with Gasteiger partial charge in [0.05, 0.1) is 28.0 Å². The number of fused-ring (bicyclic) bond motifs is 1. The van der Waals surface area contributed by atoms with Crippen molar-refractivity contribution in [2.24, 2.45) is 0 Å². The van der Waals surface area contributed by atoms with Crippen molar-refractivity contribution in [2.75, 3.05) is 0 Å². The second kappa shape index (κ2) is 7.36. The molecule has 1 N–H and O–H groups in total. The number of halogens is 3. The number of hydrogen-bond donors (Lipinski definition) is 1. The van der Waals surface area contributed by atoms with E-state index in [1.54, 1.807) is 31.2 Å². The first-order valence-electron chi connectivity index (χ1n) is 8.63. The normalized spacial score (nSPS) is 11.3. The number of aromatic nitrogens is 3. The Morgan fingerprint density at radius 2 is 1.76 bits per heavy atom. The number of nitrogens with zero attached hydrogens (tertiary/aromatic N) is 3. The van der Waals surface area contributed by atoms with Crippen LogP contribution in [0.5, 0.6) is 0 Å². The molecule has 8 heteroatoms. The third-order valence-electron chi connectivity index (χ3n) is 4.58. The number of pyridine rings is 1. The number of aromatic carboxylic acids is 1. The Morgan fingerprint density at radius 1 is 1.10 bits per heavy atom. The van der Waals surface area contributed by atoms with Crippen LogP contribution in [0, 0.1) is 6.92 Å². The molecule has 29 heavy (non-hydrogen) atoms. The highest BCUT2D eigenvalue weighted by Crippen LogP contribution is 2.34. The van der Waals surface area contributed by atoms with E-state index < -0.39 is 12.4 Å². The van der Waals surface area contributed by atoms with Gasteiger partial charge in [-0.3, -0.25) is 0 Å². The highest BCUT2D eigenvalue weighted by molar-refractivity contribution is 9.10. The summed E-state index contributed by atoms with van der Waals surface area (Å²) >= 11 is 3.36. The molecule has 0 amide bonds. The van der Waals surface area contributed by atoms with Gasteiger partial charge in [0.25, 0.3) is 6.43 Å². The van der Waals surface area contributed by atoms with E-state index in [0.717, 1.165) is 4.47 Å².